The highest BCUT2D eigenvalue weighted by atomic mass is 16.5. The molecule has 0 saturated carbocycles. The van der Waals surface area contributed by atoms with E-state index in [1.807, 2.05) is 19.9 Å². The van der Waals surface area contributed by atoms with Gasteiger partial charge in [-0.05, 0) is 50.2 Å². The van der Waals surface area contributed by atoms with Crippen LogP contribution in [0, 0.1) is 0 Å². The molecule has 0 aliphatic heterocycles. The quantitative estimate of drug-likeness (QED) is 0.835. The third kappa shape index (κ3) is 4.97. The zero-order chi connectivity index (χ0) is 18.4. The van der Waals surface area contributed by atoms with Crippen LogP contribution in [0.25, 0.3) is 0 Å². The van der Waals surface area contributed by atoms with Crippen molar-refractivity contribution < 1.29 is 24.2 Å². The Morgan fingerprint density at radius 1 is 1.08 bits per heavy atom. The first-order chi connectivity index (χ1) is 11.9. The van der Waals surface area contributed by atoms with Gasteiger partial charge in [-0.2, -0.15) is 0 Å². The molecular formula is C19H21NO5. The van der Waals surface area contributed by atoms with Crippen LogP contribution in [-0.2, 0) is 4.79 Å². The summed E-state index contributed by atoms with van der Waals surface area (Å²) in [6, 6.07) is 13.7. The van der Waals surface area contributed by atoms with Crippen LogP contribution in [0.15, 0.2) is 48.5 Å². The van der Waals surface area contributed by atoms with E-state index in [-0.39, 0.29) is 12.0 Å². The van der Waals surface area contributed by atoms with Gasteiger partial charge in [-0.1, -0.05) is 12.1 Å². The number of amides is 1. The van der Waals surface area contributed by atoms with E-state index in [0.717, 1.165) is 0 Å². The van der Waals surface area contributed by atoms with E-state index < -0.39 is 12.6 Å². The topological polar surface area (TPSA) is 76.1 Å². The van der Waals surface area contributed by atoms with Gasteiger partial charge in [0.2, 0.25) is 0 Å². The second-order valence-corrected chi connectivity index (χ2v) is 5.70. The highest BCUT2D eigenvalue weighted by Gasteiger charge is 2.18. The lowest BCUT2D eigenvalue weighted by Gasteiger charge is -2.20. The molecule has 2 rings (SSSR count). The van der Waals surface area contributed by atoms with Crippen LogP contribution in [0.5, 0.6) is 11.5 Å². The average molecular weight is 343 g/mol. The van der Waals surface area contributed by atoms with Crippen LogP contribution < -0.4 is 14.4 Å². The normalized spacial score (nSPS) is 10.4. The van der Waals surface area contributed by atoms with Crippen molar-refractivity contribution in [2.75, 3.05) is 18.6 Å². The Hall–Kier alpha value is -3.02. The highest BCUT2D eigenvalue weighted by Crippen LogP contribution is 2.24. The fourth-order valence-corrected chi connectivity index (χ4v) is 2.21. The van der Waals surface area contributed by atoms with E-state index in [9.17, 15) is 9.59 Å². The van der Waals surface area contributed by atoms with Gasteiger partial charge < -0.3 is 19.5 Å². The molecule has 0 aliphatic carbocycles. The summed E-state index contributed by atoms with van der Waals surface area (Å²) in [6.07, 6.45) is -0.0371. The second-order valence-electron chi connectivity index (χ2n) is 5.70. The predicted molar refractivity (Wildman–Crippen MR) is 94.5 cm³/mol. The van der Waals surface area contributed by atoms with Gasteiger partial charge in [0.05, 0.1) is 11.7 Å². The van der Waals surface area contributed by atoms with Crippen molar-refractivity contribution in [1.82, 2.24) is 0 Å². The second kappa shape index (κ2) is 8.19. The number of aliphatic carboxylic acids is 1. The molecule has 132 valence electrons. The standard InChI is InChI=1S/C19H21NO5/c1-13(2)25-17-7-5-4-6-16(17)19(23)20(3)14-8-10-15(11-9-14)24-12-18(21)22/h4-11,13H,12H2,1-3H3,(H,21,22). The molecule has 1 amide bonds. The fourth-order valence-electron chi connectivity index (χ4n) is 2.21. The van der Waals surface area contributed by atoms with Crippen LogP contribution in [0.3, 0.4) is 0 Å². The van der Waals surface area contributed by atoms with Gasteiger partial charge in [0.1, 0.15) is 11.5 Å². The van der Waals surface area contributed by atoms with Gasteiger partial charge in [0.25, 0.3) is 5.91 Å². The van der Waals surface area contributed by atoms with E-state index in [2.05, 4.69) is 0 Å². The Balaban J connectivity index is 2.16. The number of rotatable bonds is 7. The zero-order valence-electron chi connectivity index (χ0n) is 14.4. The number of hydrogen-bond donors (Lipinski definition) is 1. The molecule has 0 bridgehead atoms. The number of carbonyl (C=O) groups excluding carboxylic acids is 1. The summed E-state index contributed by atoms with van der Waals surface area (Å²) >= 11 is 0. The van der Waals surface area contributed by atoms with Crippen molar-refractivity contribution in [2.24, 2.45) is 0 Å². The molecule has 6 heteroatoms. The lowest BCUT2D eigenvalue weighted by atomic mass is 10.1. The Morgan fingerprint density at radius 3 is 2.32 bits per heavy atom. The molecule has 2 aromatic carbocycles. The minimum Gasteiger partial charge on any atom is -0.490 e. The summed E-state index contributed by atoms with van der Waals surface area (Å²) in [5.41, 5.74) is 1.14. The van der Waals surface area contributed by atoms with Gasteiger partial charge >= 0.3 is 5.97 Å². The third-order valence-corrected chi connectivity index (χ3v) is 3.37. The number of nitrogens with zero attached hydrogens (tertiary/aromatic N) is 1. The summed E-state index contributed by atoms with van der Waals surface area (Å²) in [5.74, 6) is -0.278. The number of carboxylic acid groups (broad SMARTS) is 1. The Kier molecular flexibility index (Phi) is 6.00. The van der Waals surface area contributed by atoms with Gasteiger partial charge in [0, 0.05) is 12.7 Å². The van der Waals surface area contributed by atoms with Crippen LogP contribution in [0.1, 0.15) is 24.2 Å². The number of ether oxygens (including phenoxy) is 2. The molecule has 0 spiro atoms. The van der Waals surface area contributed by atoms with Gasteiger partial charge in [-0.3, -0.25) is 4.79 Å². The fraction of sp³-hybridized carbons (Fsp3) is 0.263. The van der Waals surface area contributed by atoms with Crippen LogP contribution in [0.2, 0.25) is 0 Å². The van der Waals surface area contributed by atoms with Gasteiger partial charge in [0.15, 0.2) is 6.61 Å². The van der Waals surface area contributed by atoms with Crippen molar-refractivity contribution in [3.05, 3.63) is 54.1 Å². The van der Waals surface area contributed by atoms with E-state index in [1.54, 1.807) is 49.5 Å². The summed E-state index contributed by atoms with van der Waals surface area (Å²) in [5, 5.41) is 8.62. The van der Waals surface area contributed by atoms with E-state index >= 15 is 0 Å². The molecule has 2 aromatic rings. The van der Waals surface area contributed by atoms with E-state index in [4.69, 9.17) is 14.6 Å². The minimum atomic E-state index is -1.04. The number of carboxylic acids is 1. The Morgan fingerprint density at radius 2 is 1.72 bits per heavy atom. The molecular weight excluding hydrogens is 322 g/mol. The molecule has 0 fully saturated rings. The lowest BCUT2D eigenvalue weighted by Crippen LogP contribution is -2.27. The van der Waals surface area contributed by atoms with Gasteiger partial charge in [-0.25, -0.2) is 4.79 Å². The average Bonchev–Trinajstić information content (AvgIpc) is 2.59. The maximum Gasteiger partial charge on any atom is 0.341 e. The first-order valence-corrected chi connectivity index (χ1v) is 7.87. The SMILES string of the molecule is CC(C)Oc1ccccc1C(=O)N(C)c1ccc(OCC(=O)O)cc1. The highest BCUT2D eigenvalue weighted by molar-refractivity contribution is 6.07. The lowest BCUT2D eigenvalue weighted by molar-refractivity contribution is -0.139. The Labute approximate surface area is 146 Å². The zero-order valence-corrected chi connectivity index (χ0v) is 14.4. The molecule has 0 saturated heterocycles. The number of para-hydroxylation sites is 1. The van der Waals surface area contributed by atoms with Gasteiger partial charge in [-0.15, -0.1) is 0 Å². The third-order valence-electron chi connectivity index (χ3n) is 3.37. The maximum absolute atomic E-state index is 12.8. The number of anilines is 1. The van der Waals surface area contributed by atoms with Crippen LogP contribution in [-0.4, -0.2) is 36.7 Å². The maximum atomic E-state index is 12.8. The monoisotopic (exact) mass is 343 g/mol. The van der Waals surface area contributed by atoms with E-state index in [0.29, 0.717) is 22.7 Å². The van der Waals surface area contributed by atoms with E-state index in [1.165, 1.54) is 4.90 Å². The minimum absolute atomic E-state index is 0.0371. The molecule has 0 heterocycles. The molecule has 1 N–H and O–H groups in total. The largest absolute Gasteiger partial charge is 0.490 e. The first kappa shape index (κ1) is 18.3. The summed E-state index contributed by atoms with van der Waals surface area (Å²) in [4.78, 5) is 24.8. The first-order valence-electron chi connectivity index (χ1n) is 7.87. The van der Waals surface area contributed by atoms with Crippen molar-refractivity contribution in [3.63, 3.8) is 0 Å². The smallest absolute Gasteiger partial charge is 0.341 e. The van der Waals surface area contributed by atoms with Crippen LogP contribution in [0.4, 0.5) is 5.69 Å². The molecule has 25 heavy (non-hydrogen) atoms. The van der Waals surface area contributed by atoms with Crippen molar-refractivity contribution >= 4 is 17.6 Å². The molecule has 0 radical (unpaired) electrons. The van der Waals surface area contributed by atoms with Crippen molar-refractivity contribution in [2.45, 2.75) is 20.0 Å². The van der Waals surface area contributed by atoms with Crippen molar-refractivity contribution in [1.29, 1.82) is 0 Å². The molecule has 0 aliphatic rings. The number of benzene rings is 2. The summed E-state index contributed by atoms with van der Waals surface area (Å²) < 4.78 is 10.8. The molecule has 0 aromatic heterocycles. The molecule has 6 nitrogen and oxygen atoms in total. The van der Waals surface area contributed by atoms with Crippen LogP contribution >= 0.6 is 0 Å². The summed E-state index contributed by atoms with van der Waals surface area (Å²) in [6.45, 7) is 3.40. The molecule has 0 unspecified atom stereocenters. The molecule has 0 atom stereocenters. The summed E-state index contributed by atoms with van der Waals surface area (Å²) in [7, 11) is 1.67. The predicted octanol–water partition coefficient (Wildman–Crippen LogP) is 3.21. The number of hydrogen-bond acceptors (Lipinski definition) is 4. The Bertz CT molecular complexity index is 740. The van der Waals surface area contributed by atoms with Crippen molar-refractivity contribution in [3.8, 4) is 11.5 Å². The number of carbonyl (C=O) groups is 2.